The van der Waals surface area contributed by atoms with Crippen molar-refractivity contribution in [1.29, 1.82) is 0 Å². The highest BCUT2D eigenvalue weighted by atomic mass is 79.9. The number of azide groups is 1. The third kappa shape index (κ3) is 2.88. The van der Waals surface area contributed by atoms with Crippen LogP contribution in [0.15, 0.2) is 26.7 Å². The largest absolute Gasteiger partial charge is 0.545 e. The van der Waals surface area contributed by atoms with E-state index in [-0.39, 0.29) is 0 Å². The average molecular weight is 273 g/mol. The number of hydrogen-bond donors (Lipinski definition) is 0. The van der Waals surface area contributed by atoms with Gasteiger partial charge in [0.05, 0.1) is 11.7 Å². The highest BCUT2D eigenvalue weighted by Gasteiger charge is 1.98. The first-order valence-corrected chi connectivity index (χ1v) is 5.03. The molecular formula is C7H3BrN3O2S-. The molecule has 0 aliphatic rings. The van der Waals surface area contributed by atoms with Crippen LogP contribution in [-0.4, -0.2) is 5.97 Å². The molecule has 0 aliphatic carbocycles. The summed E-state index contributed by atoms with van der Waals surface area (Å²) in [7, 11) is 0. The lowest BCUT2D eigenvalue weighted by Crippen LogP contribution is -2.23. The molecule has 0 atom stereocenters. The van der Waals surface area contributed by atoms with Crippen molar-refractivity contribution >= 4 is 39.3 Å². The number of carboxylic acids is 1. The molecular weight excluding hydrogens is 270 g/mol. The number of carboxylic acid groups (broad SMARTS) is 1. The summed E-state index contributed by atoms with van der Waals surface area (Å²) in [6, 6.07) is 1.71. The SMILES string of the molecule is [N-]=[N+]=N/C(=C\c1cc(Br)cs1)C(=O)[O-]. The summed E-state index contributed by atoms with van der Waals surface area (Å²) in [5, 5.41) is 15.2. The molecule has 1 rings (SSSR count). The molecule has 0 aromatic carbocycles. The number of aliphatic carboxylic acids is 1. The quantitative estimate of drug-likeness (QED) is 0.364. The van der Waals surface area contributed by atoms with Gasteiger partial charge in [-0.2, -0.15) is 0 Å². The van der Waals surface area contributed by atoms with Crippen LogP contribution in [0.25, 0.3) is 16.5 Å². The highest BCUT2D eigenvalue weighted by Crippen LogP contribution is 2.22. The maximum atomic E-state index is 10.4. The van der Waals surface area contributed by atoms with E-state index < -0.39 is 11.7 Å². The Morgan fingerprint density at radius 1 is 1.79 bits per heavy atom. The number of hydrogen-bond acceptors (Lipinski definition) is 4. The third-order valence-electron chi connectivity index (χ3n) is 1.23. The van der Waals surface area contributed by atoms with Crippen molar-refractivity contribution in [3.8, 4) is 0 Å². The minimum atomic E-state index is -1.49. The number of carbonyl (C=O) groups is 1. The van der Waals surface area contributed by atoms with E-state index in [1.54, 1.807) is 11.4 Å². The summed E-state index contributed by atoms with van der Waals surface area (Å²) in [5.74, 6) is -1.49. The van der Waals surface area contributed by atoms with Gasteiger partial charge in [-0.1, -0.05) is 5.11 Å². The van der Waals surface area contributed by atoms with Crippen LogP contribution in [0, 0.1) is 0 Å². The Balaban J connectivity index is 3.04. The third-order valence-corrected chi connectivity index (χ3v) is 2.87. The summed E-state index contributed by atoms with van der Waals surface area (Å²) in [5.41, 5.74) is 7.66. The number of thiophene rings is 1. The second kappa shape index (κ2) is 4.80. The zero-order valence-corrected chi connectivity index (χ0v) is 9.08. The molecule has 0 radical (unpaired) electrons. The van der Waals surface area contributed by atoms with E-state index in [4.69, 9.17) is 5.53 Å². The predicted molar refractivity (Wildman–Crippen MR) is 54.1 cm³/mol. The van der Waals surface area contributed by atoms with Gasteiger partial charge in [0, 0.05) is 19.6 Å². The molecule has 0 spiro atoms. The van der Waals surface area contributed by atoms with Gasteiger partial charge in [-0.25, -0.2) is 0 Å². The first-order valence-electron chi connectivity index (χ1n) is 3.35. The zero-order chi connectivity index (χ0) is 10.6. The maximum Gasteiger partial charge on any atom is 0.0739 e. The first kappa shape index (κ1) is 10.8. The van der Waals surface area contributed by atoms with Gasteiger partial charge in [-0.15, -0.1) is 11.3 Å². The van der Waals surface area contributed by atoms with Crippen molar-refractivity contribution in [1.82, 2.24) is 0 Å². The number of halogens is 1. The Labute approximate surface area is 91.4 Å². The van der Waals surface area contributed by atoms with Crippen LogP contribution in [0.1, 0.15) is 4.88 Å². The van der Waals surface area contributed by atoms with Gasteiger partial charge < -0.3 is 9.90 Å². The second-order valence-corrected chi connectivity index (χ2v) is 4.03. The van der Waals surface area contributed by atoms with Crippen molar-refractivity contribution in [2.24, 2.45) is 5.11 Å². The van der Waals surface area contributed by atoms with E-state index in [0.717, 1.165) is 4.47 Å². The Morgan fingerprint density at radius 3 is 2.93 bits per heavy atom. The molecule has 5 nitrogen and oxygen atoms in total. The summed E-state index contributed by atoms with van der Waals surface area (Å²) in [6.45, 7) is 0. The Hall–Kier alpha value is -1.30. The van der Waals surface area contributed by atoms with Crippen LogP contribution in [0.5, 0.6) is 0 Å². The Kier molecular flexibility index (Phi) is 3.70. The van der Waals surface area contributed by atoms with Gasteiger partial charge in [0.15, 0.2) is 0 Å². The van der Waals surface area contributed by atoms with Crippen molar-refractivity contribution < 1.29 is 9.90 Å². The van der Waals surface area contributed by atoms with Crippen LogP contribution in [0.2, 0.25) is 0 Å². The minimum Gasteiger partial charge on any atom is -0.545 e. The fourth-order valence-electron chi connectivity index (χ4n) is 0.716. The van der Waals surface area contributed by atoms with E-state index in [1.165, 1.54) is 17.4 Å². The second-order valence-electron chi connectivity index (χ2n) is 2.17. The monoisotopic (exact) mass is 272 g/mol. The van der Waals surface area contributed by atoms with Gasteiger partial charge in [-0.3, -0.25) is 0 Å². The van der Waals surface area contributed by atoms with Crippen molar-refractivity contribution in [2.45, 2.75) is 0 Å². The molecule has 0 fully saturated rings. The standard InChI is InChI=1S/C7H4BrN3O2S/c8-4-1-5(14-3-4)2-6(7(12)13)10-11-9/h1-3H,(H,12,13)/p-1/b6-2-. The van der Waals surface area contributed by atoms with E-state index in [2.05, 4.69) is 26.0 Å². The predicted octanol–water partition coefficient (Wildman–Crippen LogP) is 1.91. The first-order chi connectivity index (χ1) is 6.63. The van der Waals surface area contributed by atoms with E-state index >= 15 is 0 Å². The highest BCUT2D eigenvalue weighted by molar-refractivity contribution is 9.10. The van der Waals surface area contributed by atoms with Gasteiger partial charge in [0.1, 0.15) is 0 Å². The molecule has 0 N–H and O–H groups in total. The maximum absolute atomic E-state index is 10.4. The number of carbonyl (C=O) groups excluding carboxylic acids is 1. The summed E-state index contributed by atoms with van der Waals surface area (Å²) < 4.78 is 0.840. The molecule has 1 heterocycles. The number of nitrogens with zero attached hydrogens (tertiary/aromatic N) is 3. The molecule has 7 heteroatoms. The van der Waals surface area contributed by atoms with E-state index in [1.807, 2.05) is 0 Å². The number of rotatable bonds is 3. The molecule has 0 aliphatic heterocycles. The van der Waals surface area contributed by atoms with Gasteiger partial charge in [0.25, 0.3) is 0 Å². The summed E-state index contributed by atoms with van der Waals surface area (Å²) in [4.78, 5) is 13.5. The van der Waals surface area contributed by atoms with E-state index in [0.29, 0.717) is 4.88 Å². The molecule has 14 heavy (non-hydrogen) atoms. The molecule has 0 saturated carbocycles. The van der Waals surface area contributed by atoms with Crippen molar-refractivity contribution in [3.63, 3.8) is 0 Å². The van der Waals surface area contributed by atoms with E-state index in [9.17, 15) is 9.90 Å². The lowest BCUT2D eigenvalue weighted by molar-refractivity contribution is -0.299. The lowest BCUT2D eigenvalue weighted by Gasteiger charge is -1.98. The van der Waals surface area contributed by atoms with Crippen molar-refractivity contribution in [2.75, 3.05) is 0 Å². The van der Waals surface area contributed by atoms with Crippen LogP contribution >= 0.6 is 27.3 Å². The van der Waals surface area contributed by atoms with Crippen LogP contribution < -0.4 is 5.11 Å². The molecule has 0 unspecified atom stereocenters. The molecule has 72 valence electrons. The average Bonchev–Trinajstić information content (AvgIpc) is 2.50. The van der Waals surface area contributed by atoms with Crippen LogP contribution in [-0.2, 0) is 4.79 Å². The fourth-order valence-corrected chi connectivity index (χ4v) is 2.09. The smallest absolute Gasteiger partial charge is 0.0739 e. The summed E-state index contributed by atoms with van der Waals surface area (Å²) in [6.07, 6.45) is 1.25. The summed E-state index contributed by atoms with van der Waals surface area (Å²) >= 11 is 4.54. The Morgan fingerprint density at radius 2 is 2.50 bits per heavy atom. The van der Waals surface area contributed by atoms with Crippen LogP contribution in [0.3, 0.4) is 0 Å². The molecule has 1 aromatic rings. The van der Waals surface area contributed by atoms with Gasteiger partial charge in [0.2, 0.25) is 0 Å². The van der Waals surface area contributed by atoms with Crippen molar-refractivity contribution in [3.05, 3.63) is 36.9 Å². The minimum absolute atomic E-state index is 0.429. The molecule has 0 saturated heterocycles. The van der Waals surface area contributed by atoms with Gasteiger partial charge >= 0.3 is 0 Å². The molecule has 0 bridgehead atoms. The Bertz CT molecular complexity index is 430. The topological polar surface area (TPSA) is 88.9 Å². The fraction of sp³-hybridized carbons (Fsp3) is 0. The normalized spacial score (nSPS) is 10.8. The molecule has 0 amide bonds. The lowest BCUT2D eigenvalue weighted by atomic mass is 10.3. The molecule has 1 aromatic heterocycles. The van der Waals surface area contributed by atoms with Crippen LogP contribution in [0.4, 0.5) is 0 Å². The van der Waals surface area contributed by atoms with Gasteiger partial charge in [-0.05, 0) is 33.6 Å². The zero-order valence-electron chi connectivity index (χ0n) is 6.68.